The molecule has 2 heterocycles. The summed E-state index contributed by atoms with van der Waals surface area (Å²) in [6.45, 7) is 0.243. The Balaban J connectivity index is 2.17. The van der Waals surface area contributed by atoms with Gasteiger partial charge in [-0.25, -0.2) is 18.1 Å². The van der Waals surface area contributed by atoms with Crippen molar-refractivity contribution in [1.29, 1.82) is 0 Å². The molecule has 0 aliphatic rings. The Kier molecular flexibility index (Phi) is 3.53. The second kappa shape index (κ2) is 4.77. The number of hydrogen-bond acceptors (Lipinski definition) is 4. The third-order valence-corrected chi connectivity index (χ3v) is 4.87. The summed E-state index contributed by atoms with van der Waals surface area (Å²) in [4.78, 5) is 4.70. The van der Waals surface area contributed by atoms with E-state index in [1.165, 1.54) is 22.2 Å². The maximum atomic E-state index is 11.9. The molecule has 2 rings (SSSR count). The predicted molar refractivity (Wildman–Crippen MR) is 66.6 cm³/mol. The lowest BCUT2D eigenvalue weighted by molar-refractivity contribution is 0.578. The number of thiophene rings is 1. The van der Waals surface area contributed by atoms with Gasteiger partial charge in [-0.05, 0) is 11.4 Å². The van der Waals surface area contributed by atoms with Crippen molar-refractivity contribution in [2.45, 2.75) is 11.6 Å². The predicted octanol–water partition coefficient (Wildman–Crippen LogP) is 1.61. The van der Waals surface area contributed by atoms with Crippen molar-refractivity contribution in [3.05, 3.63) is 33.9 Å². The Morgan fingerprint density at radius 3 is 2.88 bits per heavy atom. The van der Waals surface area contributed by atoms with Crippen LogP contribution in [0.25, 0.3) is 0 Å². The maximum Gasteiger partial charge on any atom is 0.261 e. The molecular formula is C9H10ClN3O2S2. The molecule has 0 unspecified atom stereocenters. The first-order valence-electron chi connectivity index (χ1n) is 4.69. The van der Waals surface area contributed by atoms with E-state index in [1.807, 2.05) is 17.5 Å². The highest BCUT2D eigenvalue weighted by atomic mass is 35.5. The van der Waals surface area contributed by atoms with Crippen molar-refractivity contribution in [3.8, 4) is 0 Å². The molecule has 5 nitrogen and oxygen atoms in total. The second-order valence-electron chi connectivity index (χ2n) is 3.36. The molecule has 0 radical (unpaired) electrons. The van der Waals surface area contributed by atoms with E-state index in [0.717, 1.165) is 4.88 Å². The van der Waals surface area contributed by atoms with Crippen LogP contribution in [-0.2, 0) is 23.6 Å². The van der Waals surface area contributed by atoms with Crippen molar-refractivity contribution >= 4 is 33.0 Å². The zero-order chi connectivity index (χ0) is 12.5. The average Bonchev–Trinajstić information content (AvgIpc) is 2.88. The topological polar surface area (TPSA) is 64.0 Å². The summed E-state index contributed by atoms with van der Waals surface area (Å²) >= 11 is 7.32. The molecule has 0 saturated heterocycles. The van der Waals surface area contributed by atoms with Gasteiger partial charge in [-0.2, -0.15) is 0 Å². The molecule has 8 heteroatoms. The van der Waals surface area contributed by atoms with E-state index in [1.54, 1.807) is 7.05 Å². The van der Waals surface area contributed by atoms with Gasteiger partial charge in [-0.3, -0.25) is 0 Å². The molecular weight excluding hydrogens is 282 g/mol. The zero-order valence-corrected chi connectivity index (χ0v) is 11.3. The van der Waals surface area contributed by atoms with Gasteiger partial charge in [0.2, 0.25) is 5.03 Å². The highest BCUT2D eigenvalue weighted by molar-refractivity contribution is 7.89. The number of imidazole rings is 1. The van der Waals surface area contributed by atoms with Crippen LogP contribution in [0, 0.1) is 0 Å². The smallest absolute Gasteiger partial charge is 0.261 e. The normalized spacial score (nSPS) is 11.9. The van der Waals surface area contributed by atoms with E-state index in [9.17, 15) is 8.42 Å². The lowest BCUT2D eigenvalue weighted by atomic mass is 10.5. The Hall–Kier alpha value is -0.890. The number of sulfonamides is 1. The first-order chi connectivity index (χ1) is 8.00. The number of aromatic nitrogens is 2. The van der Waals surface area contributed by atoms with Crippen molar-refractivity contribution in [2.24, 2.45) is 7.05 Å². The monoisotopic (exact) mass is 291 g/mol. The van der Waals surface area contributed by atoms with Crippen LogP contribution in [0.1, 0.15) is 4.88 Å². The van der Waals surface area contributed by atoms with Crippen molar-refractivity contribution in [2.75, 3.05) is 0 Å². The molecule has 0 aliphatic carbocycles. The highest BCUT2D eigenvalue weighted by Gasteiger charge is 2.21. The SMILES string of the molecule is Cn1cnc(S(=O)(=O)NCc2cccs2)c1Cl. The van der Waals surface area contributed by atoms with Gasteiger partial charge in [0.1, 0.15) is 5.15 Å². The third kappa shape index (κ3) is 2.68. The summed E-state index contributed by atoms with van der Waals surface area (Å²) in [7, 11) is -2.02. The number of halogens is 1. The van der Waals surface area contributed by atoms with Gasteiger partial charge in [0.15, 0.2) is 0 Å². The molecule has 2 aromatic rings. The fraction of sp³-hybridized carbons (Fsp3) is 0.222. The van der Waals surface area contributed by atoms with Gasteiger partial charge in [0, 0.05) is 18.5 Å². The molecule has 1 N–H and O–H groups in total. The minimum Gasteiger partial charge on any atom is -0.324 e. The number of aryl methyl sites for hydroxylation is 1. The van der Waals surface area contributed by atoms with Gasteiger partial charge in [-0.1, -0.05) is 17.7 Å². The number of rotatable bonds is 4. The van der Waals surface area contributed by atoms with Crippen LogP contribution in [0.15, 0.2) is 28.9 Å². The maximum absolute atomic E-state index is 11.9. The van der Waals surface area contributed by atoms with Crippen molar-refractivity contribution in [3.63, 3.8) is 0 Å². The average molecular weight is 292 g/mol. The Morgan fingerprint density at radius 2 is 2.35 bits per heavy atom. The Morgan fingerprint density at radius 1 is 1.59 bits per heavy atom. The first-order valence-corrected chi connectivity index (χ1v) is 7.43. The summed E-state index contributed by atoms with van der Waals surface area (Å²) < 4.78 is 27.7. The van der Waals surface area contributed by atoms with Gasteiger partial charge >= 0.3 is 0 Å². The van der Waals surface area contributed by atoms with Gasteiger partial charge in [-0.15, -0.1) is 11.3 Å². The van der Waals surface area contributed by atoms with E-state index in [4.69, 9.17) is 11.6 Å². The summed E-state index contributed by atoms with van der Waals surface area (Å²) in [6, 6.07) is 3.72. The van der Waals surface area contributed by atoms with Crippen LogP contribution in [0.4, 0.5) is 0 Å². The first kappa shape index (κ1) is 12.6. The van der Waals surface area contributed by atoms with Gasteiger partial charge in [0.05, 0.1) is 6.33 Å². The summed E-state index contributed by atoms with van der Waals surface area (Å²) in [5.74, 6) is 0. The van der Waals surface area contributed by atoms with E-state index >= 15 is 0 Å². The van der Waals surface area contributed by atoms with Crippen LogP contribution in [0.5, 0.6) is 0 Å². The minimum atomic E-state index is -3.65. The molecule has 2 aromatic heterocycles. The van der Waals surface area contributed by atoms with E-state index in [-0.39, 0.29) is 16.7 Å². The molecule has 0 bridgehead atoms. The summed E-state index contributed by atoms with van der Waals surface area (Å²) in [6.07, 6.45) is 1.36. The van der Waals surface area contributed by atoms with Crippen LogP contribution in [-0.4, -0.2) is 18.0 Å². The lowest BCUT2D eigenvalue weighted by Crippen LogP contribution is -2.23. The molecule has 0 aliphatic heterocycles. The second-order valence-corrected chi connectivity index (χ2v) is 6.43. The van der Waals surface area contributed by atoms with Crippen molar-refractivity contribution in [1.82, 2.24) is 14.3 Å². The molecule has 0 amide bonds. The number of nitrogens with zero attached hydrogens (tertiary/aromatic N) is 2. The summed E-state index contributed by atoms with van der Waals surface area (Å²) in [5, 5.41) is 1.85. The zero-order valence-electron chi connectivity index (χ0n) is 8.92. The fourth-order valence-electron chi connectivity index (χ4n) is 1.22. The molecule has 0 saturated carbocycles. The molecule has 17 heavy (non-hydrogen) atoms. The van der Waals surface area contributed by atoms with E-state index in [0.29, 0.717) is 0 Å². The molecule has 92 valence electrons. The minimum absolute atomic E-state index is 0.101. The quantitative estimate of drug-likeness (QED) is 0.931. The van der Waals surface area contributed by atoms with Crippen LogP contribution in [0.3, 0.4) is 0 Å². The Labute approximate surface area is 108 Å². The van der Waals surface area contributed by atoms with Crippen LogP contribution < -0.4 is 4.72 Å². The lowest BCUT2D eigenvalue weighted by Gasteiger charge is -2.03. The molecule has 0 atom stereocenters. The Bertz CT molecular complexity index is 604. The standard InChI is InChI=1S/C9H10ClN3O2S2/c1-13-6-11-9(8(13)10)17(14,15)12-5-7-3-2-4-16-7/h2-4,6,12H,5H2,1H3. The van der Waals surface area contributed by atoms with E-state index < -0.39 is 10.0 Å². The highest BCUT2D eigenvalue weighted by Crippen LogP contribution is 2.19. The van der Waals surface area contributed by atoms with Crippen molar-refractivity contribution < 1.29 is 8.42 Å². The molecule has 0 fully saturated rings. The largest absolute Gasteiger partial charge is 0.324 e. The molecule has 0 spiro atoms. The van der Waals surface area contributed by atoms with Gasteiger partial charge < -0.3 is 4.57 Å². The van der Waals surface area contributed by atoms with Crippen LogP contribution >= 0.6 is 22.9 Å². The third-order valence-electron chi connectivity index (χ3n) is 2.11. The number of nitrogens with one attached hydrogen (secondary N) is 1. The summed E-state index contributed by atoms with van der Waals surface area (Å²) in [5.41, 5.74) is 0. The molecule has 0 aromatic carbocycles. The van der Waals surface area contributed by atoms with Crippen LogP contribution in [0.2, 0.25) is 5.15 Å². The van der Waals surface area contributed by atoms with E-state index in [2.05, 4.69) is 9.71 Å². The number of hydrogen-bond donors (Lipinski definition) is 1. The fourth-order valence-corrected chi connectivity index (χ4v) is 3.39. The van der Waals surface area contributed by atoms with Gasteiger partial charge in [0.25, 0.3) is 10.0 Å².